The molecule has 106 valence electrons. The lowest BCUT2D eigenvalue weighted by Gasteiger charge is -2.26. The number of halogens is 1. The molecule has 0 aromatic heterocycles. The fourth-order valence-corrected chi connectivity index (χ4v) is 3.24. The van der Waals surface area contributed by atoms with E-state index in [0.717, 1.165) is 13.1 Å². The van der Waals surface area contributed by atoms with E-state index in [1.54, 1.807) is 12.1 Å². The van der Waals surface area contributed by atoms with Gasteiger partial charge in [0.15, 0.2) is 0 Å². The van der Waals surface area contributed by atoms with Gasteiger partial charge in [-0.1, -0.05) is 38.3 Å². The van der Waals surface area contributed by atoms with Crippen LogP contribution in [0, 0.1) is 11.7 Å². The predicted molar refractivity (Wildman–Crippen MR) is 78.9 cm³/mol. The van der Waals surface area contributed by atoms with E-state index in [4.69, 9.17) is 0 Å². The van der Waals surface area contributed by atoms with Gasteiger partial charge < -0.3 is 5.32 Å². The number of rotatable bonds is 5. The molecule has 2 heteroatoms. The molecule has 0 heterocycles. The minimum absolute atomic E-state index is 0.127. The molecule has 1 N–H and O–H groups in total. The van der Waals surface area contributed by atoms with E-state index in [0.29, 0.717) is 11.8 Å². The van der Waals surface area contributed by atoms with Crippen molar-refractivity contribution in [2.75, 3.05) is 13.1 Å². The molecule has 2 atom stereocenters. The minimum atomic E-state index is -0.127. The molecule has 1 nitrogen and oxygen atoms in total. The monoisotopic (exact) mass is 263 g/mol. The first-order valence-corrected chi connectivity index (χ1v) is 7.77. The number of hydrogen-bond acceptors (Lipinski definition) is 1. The van der Waals surface area contributed by atoms with E-state index >= 15 is 0 Å². The van der Waals surface area contributed by atoms with Crippen LogP contribution < -0.4 is 5.32 Å². The molecule has 1 saturated carbocycles. The lowest BCUT2D eigenvalue weighted by molar-refractivity contribution is 0.375. The van der Waals surface area contributed by atoms with Crippen molar-refractivity contribution < 1.29 is 4.39 Å². The Bertz CT molecular complexity index is 360. The Hall–Kier alpha value is -0.890. The van der Waals surface area contributed by atoms with Crippen molar-refractivity contribution in [1.29, 1.82) is 0 Å². The summed E-state index contributed by atoms with van der Waals surface area (Å²) in [6.45, 7) is 4.42. The van der Waals surface area contributed by atoms with Crippen molar-refractivity contribution in [3.63, 3.8) is 0 Å². The average molecular weight is 263 g/mol. The van der Waals surface area contributed by atoms with E-state index in [-0.39, 0.29) is 5.82 Å². The summed E-state index contributed by atoms with van der Waals surface area (Å²) in [7, 11) is 0. The van der Waals surface area contributed by atoms with Gasteiger partial charge in [0.05, 0.1) is 0 Å². The maximum atomic E-state index is 13.1. The van der Waals surface area contributed by atoms with Crippen molar-refractivity contribution in [3.05, 3.63) is 35.6 Å². The molecule has 1 fully saturated rings. The number of hydrogen-bond donors (Lipinski definition) is 1. The molecule has 0 spiro atoms. The topological polar surface area (TPSA) is 12.0 Å². The van der Waals surface area contributed by atoms with E-state index in [1.165, 1.54) is 44.1 Å². The summed E-state index contributed by atoms with van der Waals surface area (Å²) < 4.78 is 13.1. The second kappa shape index (κ2) is 7.64. The minimum Gasteiger partial charge on any atom is -0.316 e. The third kappa shape index (κ3) is 4.31. The van der Waals surface area contributed by atoms with Crippen LogP contribution in [0.2, 0.25) is 0 Å². The van der Waals surface area contributed by atoms with Crippen molar-refractivity contribution >= 4 is 0 Å². The van der Waals surface area contributed by atoms with Crippen LogP contribution in [0.25, 0.3) is 0 Å². The van der Waals surface area contributed by atoms with Crippen molar-refractivity contribution in [2.45, 2.75) is 51.4 Å². The van der Waals surface area contributed by atoms with Crippen LogP contribution in [-0.2, 0) is 0 Å². The normalized spacial score (nSPS) is 24.1. The molecule has 2 unspecified atom stereocenters. The molecule has 19 heavy (non-hydrogen) atoms. The Morgan fingerprint density at radius 1 is 1.11 bits per heavy atom. The zero-order chi connectivity index (χ0) is 13.5. The van der Waals surface area contributed by atoms with Gasteiger partial charge in [0.2, 0.25) is 0 Å². The first-order valence-electron chi connectivity index (χ1n) is 7.77. The second-order valence-corrected chi connectivity index (χ2v) is 5.76. The Kier molecular flexibility index (Phi) is 5.84. The fraction of sp³-hybridized carbons (Fsp3) is 0.647. The number of nitrogens with one attached hydrogen (secondary N) is 1. The second-order valence-electron chi connectivity index (χ2n) is 5.76. The highest BCUT2D eigenvalue weighted by atomic mass is 19.1. The van der Waals surface area contributed by atoms with E-state index < -0.39 is 0 Å². The molecule has 0 amide bonds. The average Bonchev–Trinajstić information content (AvgIpc) is 2.66. The standard InChI is InChI=1S/C17H26FN/c1-2-12-19-13-15-6-4-3-5-7-17(15)14-8-10-16(18)11-9-14/h8-11,15,17,19H,2-7,12-13H2,1H3. The Balaban J connectivity index is 2.05. The predicted octanol–water partition coefficient (Wildman–Crippen LogP) is 4.49. The highest BCUT2D eigenvalue weighted by Crippen LogP contribution is 2.36. The van der Waals surface area contributed by atoms with Gasteiger partial charge >= 0.3 is 0 Å². The van der Waals surface area contributed by atoms with Crippen LogP contribution in [0.5, 0.6) is 0 Å². The van der Waals surface area contributed by atoms with Crippen LogP contribution in [0.1, 0.15) is 56.9 Å². The maximum Gasteiger partial charge on any atom is 0.123 e. The van der Waals surface area contributed by atoms with Gasteiger partial charge in [-0.05, 0) is 61.9 Å². The third-order valence-electron chi connectivity index (χ3n) is 4.29. The van der Waals surface area contributed by atoms with E-state index in [1.807, 2.05) is 12.1 Å². The van der Waals surface area contributed by atoms with Gasteiger partial charge in [-0.15, -0.1) is 0 Å². The van der Waals surface area contributed by atoms with Gasteiger partial charge in [-0.3, -0.25) is 0 Å². The van der Waals surface area contributed by atoms with Crippen LogP contribution in [0.4, 0.5) is 4.39 Å². The van der Waals surface area contributed by atoms with E-state index in [2.05, 4.69) is 12.2 Å². The summed E-state index contributed by atoms with van der Waals surface area (Å²) in [6, 6.07) is 7.18. The van der Waals surface area contributed by atoms with Crippen molar-refractivity contribution in [1.82, 2.24) is 5.32 Å². The molecule has 0 radical (unpaired) electrons. The molecule has 1 aliphatic carbocycles. The Labute approximate surface area is 116 Å². The first kappa shape index (κ1) is 14.5. The van der Waals surface area contributed by atoms with Gasteiger partial charge in [0.25, 0.3) is 0 Å². The fourth-order valence-electron chi connectivity index (χ4n) is 3.24. The SMILES string of the molecule is CCCNCC1CCCCCC1c1ccc(F)cc1. The summed E-state index contributed by atoms with van der Waals surface area (Å²) in [5.74, 6) is 1.19. The van der Waals surface area contributed by atoms with Crippen LogP contribution in [0.15, 0.2) is 24.3 Å². The lowest BCUT2D eigenvalue weighted by atomic mass is 9.82. The molecule has 1 aromatic carbocycles. The zero-order valence-electron chi connectivity index (χ0n) is 12.0. The number of benzene rings is 1. The summed E-state index contributed by atoms with van der Waals surface area (Å²) in [5, 5.41) is 3.57. The van der Waals surface area contributed by atoms with Crippen LogP contribution in [-0.4, -0.2) is 13.1 Å². The Morgan fingerprint density at radius 2 is 1.84 bits per heavy atom. The summed E-state index contributed by atoms with van der Waals surface area (Å²) in [4.78, 5) is 0. The quantitative estimate of drug-likeness (QED) is 0.609. The van der Waals surface area contributed by atoms with Gasteiger partial charge in [0, 0.05) is 0 Å². The third-order valence-corrected chi connectivity index (χ3v) is 4.29. The van der Waals surface area contributed by atoms with Gasteiger partial charge in [-0.25, -0.2) is 4.39 Å². The molecule has 0 saturated heterocycles. The summed E-state index contributed by atoms with van der Waals surface area (Å²) in [5.41, 5.74) is 1.33. The van der Waals surface area contributed by atoms with Crippen LogP contribution >= 0.6 is 0 Å². The zero-order valence-corrected chi connectivity index (χ0v) is 12.0. The summed E-state index contributed by atoms with van der Waals surface area (Å²) in [6.07, 6.45) is 7.75. The molecule has 2 rings (SSSR count). The van der Waals surface area contributed by atoms with Crippen LogP contribution in [0.3, 0.4) is 0 Å². The molecule has 1 aliphatic rings. The Morgan fingerprint density at radius 3 is 2.58 bits per heavy atom. The van der Waals surface area contributed by atoms with Crippen molar-refractivity contribution in [2.24, 2.45) is 5.92 Å². The smallest absolute Gasteiger partial charge is 0.123 e. The molecule has 0 aliphatic heterocycles. The maximum absolute atomic E-state index is 13.1. The highest BCUT2D eigenvalue weighted by Gasteiger charge is 2.24. The molecular weight excluding hydrogens is 237 g/mol. The summed E-state index contributed by atoms with van der Waals surface area (Å²) >= 11 is 0. The lowest BCUT2D eigenvalue weighted by Crippen LogP contribution is -2.27. The first-order chi connectivity index (χ1) is 9.31. The van der Waals surface area contributed by atoms with E-state index in [9.17, 15) is 4.39 Å². The molecular formula is C17H26FN. The van der Waals surface area contributed by atoms with Gasteiger partial charge in [0.1, 0.15) is 5.82 Å². The largest absolute Gasteiger partial charge is 0.316 e. The van der Waals surface area contributed by atoms with Crippen molar-refractivity contribution in [3.8, 4) is 0 Å². The molecule has 0 bridgehead atoms. The highest BCUT2D eigenvalue weighted by molar-refractivity contribution is 5.21. The molecule has 1 aromatic rings. The van der Waals surface area contributed by atoms with Gasteiger partial charge in [-0.2, -0.15) is 0 Å².